The van der Waals surface area contributed by atoms with Crippen LogP contribution in [0.15, 0.2) is 29.9 Å². The van der Waals surface area contributed by atoms with E-state index >= 15 is 0 Å². The summed E-state index contributed by atoms with van der Waals surface area (Å²) in [5.41, 5.74) is 1.85. The second-order valence-electron chi connectivity index (χ2n) is 7.68. The highest BCUT2D eigenvalue weighted by molar-refractivity contribution is 7.88. The molecule has 2 unspecified atom stereocenters. The van der Waals surface area contributed by atoms with Gasteiger partial charge in [0.15, 0.2) is 6.23 Å². The van der Waals surface area contributed by atoms with Crippen molar-refractivity contribution in [2.45, 2.75) is 19.2 Å². The largest absolute Gasteiger partial charge is 0.372 e. The minimum atomic E-state index is -3.24. The standard InChI is InChI=1S/C19H23FN6O3S2/c1-11(13-5-14(20)8-21-7-13)23-19-24-15-3-4-30-17(15)16(25-19)18(27)26-9-12(10-26)6-22-31(2,28)29/h3-5,7-8,11-12,18,22,27H,6,9-10H2,1-2H3,(H,23,24,25). The molecule has 1 fully saturated rings. The molecule has 0 radical (unpaired) electrons. The van der Waals surface area contributed by atoms with E-state index in [1.54, 1.807) is 6.20 Å². The Hall–Kier alpha value is -2.25. The highest BCUT2D eigenvalue weighted by atomic mass is 32.2. The molecule has 4 rings (SSSR count). The first kappa shape index (κ1) is 22.0. The molecule has 9 nitrogen and oxygen atoms in total. The highest BCUT2D eigenvalue weighted by Crippen LogP contribution is 2.33. The first-order valence-electron chi connectivity index (χ1n) is 9.68. The van der Waals surface area contributed by atoms with Crippen LogP contribution >= 0.6 is 11.3 Å². The summed E-state index contributed by atoms with van der Waals surface area (Å²) >= 11 is 1.44. The van der Waals surface area contributed by atoms with Crippen LogP contribution in [0.1, 0.15) is 30.5 Å². The third-order valence-electron chi connectivity index (χ3n) is 5.11. The van der Waals surface area contributed by atoms with Crippen molar-refractivity contribution in [3.63, 3.8) is 0 Å². The zero-order chi connectivity index (χ0) is 22.2. The minimum Gasteiger partial charge on any atom is -0.372 e. The van der Waals surface area contributed by atoms with Gasteiger partial charge in [-0.15, -0.1) is 11.3 Å². The van der Waals surface area contributed by atoms with E-state index in [1.807, 2.05) is 23.3 Å². The molecule has 1 aliphatic heterocycles. The molecular weight excluding hydrogens is 443 g/mol. The Morgan fingerprint density at radius 1 is 1.35 bits per heavy atom. The number of aromatic nitrogens is 3. The molecule has 1 saturated heterocycles. The van der Waals surface area contributed by atoms with Gasteiger partial charge in [-0.2, -0.15) is 0 Å². The molecule has 3 N–H and O–H groups in total. The van der Waals surface area contributed by atoms with E-state index in [2.05, 4.69) is 25.0 Å². The smallest absolute Gasteiger partial charge is 0.224 e. The maximum absolute atomic E-state index is 13.5. The summed E-state index contributed by atoms with van der Waals surface area (Å²) in [7, 11) is -3.24. The van der Waals surface area contributed by atoms with Crippen LogP contribution in [-0.2, 0) is 10.0 Å². The van der Waals surface area contributed by atoms with Crippen molar-refractivity contribution in [3.05, 3.63) is 47.0 Å². The summed E-state index contributed by atoms with van der Waals surface area (Å²) in [6.45, 7) is 3.29. The van der Waals surface area contributed by atoms with Crippen molar-refractivity contribution < 1.29 is 17.9 Å². The van der Waals surface area contributed by atoms with Crippen molar-refractivity contribution in [3.8, 4) is 0 Å². The number of likely N-dealkylation sites (tertiary alicyclic amines) is 1. The maximum Gasteiger partial charge on any atom is 0.224 e. The van der Waals surface area contributed by atoms with Gasteiger partial charge in [-0.05, 0) is 35.9 Å². The number of thiophene rings is 1. The van der Waals surface area contributed by atoms with Crippen molar-refractivity contribution in [2.24, 2.45) is 5.92 Å². The van der Waals surface area contributed by atoms with Crippen LogP contribution in [0, 0.1) is 11.7 Å². The zero-order valence-electron chi connectivity index (χ0n) is 17.0. The Kier molecular flexibility index (Phi) is 6.17. The van der Waals surface area contributed by atoms with Crippen LogP contribution in [0.5, 0.6) is 0 Å². The summed E-state index contributed by atoms with van der Waals surface area (Å²) in [6.07, 6.45) is 2.90. The third kappa shape index (κ3) is 5.15. The van der Waals surface area contributed by atoms with Crippen molar-refractivity contribution in [2.75, 3.05) is 31.2 Å². The Morgan fingerprint density at radius 3 is 2.84 bits per heavy atom. The van der Waals surface area contributed by atoms with E-state index < -0.39 is 22.1 Å². The zero-order valence-corrected chi connectivity index (χ0v) is 18.6. The molecule has 0 saturated carbocycles. The fourth-order valence-corrected chi connectivity index (χ4v) is 4.83. The molecular formula is C19H23FN6O3S2. The van der Waals surface area contributed by atoms with Gasteiger partial charge < -0.3 is 10.4 Å². The predicted molar refractivity (Wildman–Crippen MR) is 117 cm³/mol. The van der Waals surface area contributed by atoms with E-state index in [0.717, 1.165) is 17.2 Å². The number of sulfonamides is 1. The Balaban J connectivity index is 1.50. The Bertz CT molecular complexity index is 1180. The predicted octanol–water partition coefficient (Wildman–Crippen LogP) is 1.87. The lowest BCUT2D eigenvalue weighted by Gasteiger charge is -2.41. The summed E-state index contributed by atoms with van der Waals surface area (Å²) in [5, 5.41) is 16.0. The monoisotopic (exact) mass is 466 g/mol. The van der Waals surface area contributed by atoms with Crippen LogP contribution in [-0.4, -0.2) is 59.3 Å². The van der Waals surface area contributed by atoms with Gasteiger partial charge in [0, 0.05) is 25.8 Å². The number of fused-ring (bicyclic) bond motifs is 1. The number of aliphatic hydroxyl groups excluding tert-OH is 1. The van der Waals surface area contributed by atoms with Gasteiger partial charge in [0.05, 0.1) is 28.7 Å². The SMILES string of the molecule is CC(Nc1nc(C(O)N2CC(CNS(C)(=O)=O)C2)c2sccc2n1)c1cncc(F)c1. The number of rotatable bonds is 8. The van der Waals surface area contributed by atoms with E-state index in [9.17, 15) is 17.9 Å². The van der Waals surface area contributed by atoms with Gasteiger partial charge in [-0.25, -0.2) is 27.5 Å². The molecule has 31 heavy (non-hydrogen) atoms. The summed E-state index contributed by atoms with van der Waals surface area (Å²) in [6, 6.07) is 2.96. The second-order valence-corrected chi connectivity index (χ2v) is 10.4. The highest BCUT2D eigenvalue weighted by Gasteiger charge is 2.34. The normalized spacial score (nSPS) is 17.4. The minimum absolute atomic E-state index is 0.128. The molecule has 3 aromatic rings. The van der Waals surface area contributed by atoms with E-state index in [4.69, 9.17) is 0 Å². The van der Waals surface area contributed by atoms with Crippen molar-refractivity contribution in [1.29, 1.82) is 0 Å². The van der Waals surface area contributed by atoms with E-state index in [-0.39, 0.29) is 12.0 Å². The fraction of sp³-hybridized carbons (Fsp3) is 0.421. The Labute approximate surface area is 183 Å². The third-order valence-corrected chi connectivity index (χ3v) is 6.73. The van der Waals surface area contributed by atoms with Crippen molar-refractivity contribution in [1.82, 2.24) is 24.6 Å². The number of anilines is 1. The van der Waals surface area contributed by atoms with Gasteiger partial charge in [0.25, 0.3) is 0 Å². The molecule has 12 heteroatoms. The van der Waals surface area contributed by atoms with Gasteiger partial charge in [0.1, 0.15) is 11.5 Å². The Morgan fingerprint density at radius 2 is 2.13 bits per heavy atom. The van der Waals surface area contributed by atoms with Crippen LogP contribution < -0.4 is 10.0 Å². The quantitative estimate of drug-likeness (QED) is 0.460. The fourth-order valence-electron chi connectivity index (χ4n) is 3.45. The number of hydrogen-bond acceptors (Lipinski definition) is 9. The van der Waals surface area contributed by atoms with Gasteiger partial charge in [-0.3, -0.25) is 9.88 Å². The van der Waals surface area contributed by atoms with E-state index in [0.29, 0.717) is 42.4 Å². The van der Waals surface area contributed by atoms with Gasteiger partial charge >= 0.3 is 0 Å². The number of pyridine rings is 1. The first-order chi connectivity index (χ1) is 14.7. The lowest BCUT2D eigenvalue weighted by Crippen LogP contribution is -2.52. The number of hydrogen-bond donors (Lipinski definition) is 3. The molecule has 0 bridgehead atoms. The molecule has 0 amide bonds. The van der Waals surface area contributed by atoms with E-state index in [1.165, 1.54) is 17.4 Å². The molecule has 166 valence electrons. The summed E-state index contributed by atoms with van der Waals surface area (Å²) in [5.74, 6) is 0.0322. The lowest BCUT2D eigenvalue weighted by molar-refractivity contribution is -0.0669. The summed E-state index contributed by atoms with van der Waals surface area (Å²) < 4.78 is 39.3. The molecule has 0 aromatic carbocycles. The molecule has 3 aromatic heterocycles. The van der Waals surface area contributed by atoms with Crippen LogP contribution in [0.3, 0.4) is 0 Å². The molecule has 0 spiro atoms. The second kappa shape index (κ2) is 8.71. The average Bonchev–Trinajstić information content (AvgIpc) is 3.13. The number of nitrogens with one attached hydrogen (secondary N) is 2. The molecule has 2 atom stereocenters. The lowest BCUT2D eigenvalue weighted by atomic mass is 9.99. The van der Waals surface area contributed by atoms with Crippen LogP contribution in [0.25, 0.3) is 10.2 Å². The van der Waals surface area contributed by atoms with Gasteiger partial charge in [0.2, 0.25) is 16.0 Å². The van der Waals surface area contributed by atoms with Crippen LogP contribution in [0.4, 0.5) is 10.3 Å². The summed E-state index contributed by atoms with van der Waals surface area (Å²) in [4.78, 5) is 14.8. The number of nitrogens with zero attached hydrogens (tertiary/aromatic N) is 4. The van der Waals surface area contributed by atoms with Crippen molar-refractivity contribution >= 4 is 37.5 Å². The molecule has 0 aliphatic carbocycles. The van der Waals surface area contributed by atoms with Gasteiger partial charge in [-0.1, -0.05) is 0 Å². The van der Waals surface area contributed by atoms with Crippen LogP contribution in [0.2, 0.25) is 0 Å². The first-order valence-corrected chi connectivity index (χ1v) is 12.5. The average molecular weight is 467 g/mol. The number of aliphatic hydroxyl groups is 1. The topological polar surface area (TPSA) is 120 Å². The maximum atomic E-state index is 13.5. The molecule has 4 heterocycles. The number of halogens is 1. The molecule has 1 aliphatic rings.